The molecule has 3 N–H and O–H groups in total. The summed E-state index contributed by atoms with van der Waals surface area (Å²) in [5.41, 5.74) is 0.504. The molecule has 1 aromatic heterocycles. The summed E-state index contributed by atoms with van der Waals surface area (Å²) in [6.45, 7) is 3.08. The van der Waals surface area contributed by atoms with Gasteiger partial charge in [0.15, 0.2) is 0 Å². The fourth-order valence-electron chi connectivity index (χ4n) is 4.42. The summed E-state index contributed by atoms with van der Waals surface area (Å²) in [6, 6.07) is 3.68. The molecule has 1 aromatic carbocycles. The van der Waals surface area contributed by atoms with Crippen LogP contribution < -0.4 is 20.9 Å². The standard InChI is InChI=1S/C22H28F4N6O3.C7H12/c1-12(2)32-17(6-7-29-32)21(35)27-10-19(33)30-16-9-18(31(4)5)14(8-15(16)23)13(3)20(34)28-11-22(24,25)26;1-2-6(1)5-7-3-4-7/h6-9,12-13H,10-11H2,1-5H3,(H,27,35)(H,28,34)(H,30,33);6-7H,1-5H2. The van der Waals surface area contributed by atoms with Crippen molar-refractivity contribution in [1.29, 1.82) is 0 Å². The summed E-state index contributed by atoms with van der Waals surface area (Å²) in [5.74, 6) is -1.78. The first-order valence-electron chi connectivity index (χ1n) is 14.1. The number of halogens is 4. The average Bonchev–Trinajstić information content (AvgIpc) is 3.86. The molecule has 2 saturated carbocycles. The van der Waals surface area contributed by atoms with E-state index in [0.717, 1.165) is 6.07 Å². The monoisotopic (exact) mass is 596 g/mol. The van der Waals surface area contributed by atoms with Gasteiger partial charge in [0.05, 0.1) is 18.2 Å². The van der Waals surface area contributed by atoms with Gasteiger partial charge in [-0.25, -0.2) is 4.39 Å². The van der Waals surface area contributed by atoms with Crippen LogP contribution in [0.5, 0.6) is 0 Å². The van der Waals surface area contributed by atoms with E-state index in [0.29, 0.717) is 5.69 Å². The molecule has 0 radical (unpaired) electrons. The maximum atomic E-state index is 14.8. The molecule has 0 spiro atoms. The van der Waals surface area contributed by atoms with E-state index in [4.69, 9.17) is 0 Å². The Hall–Kier alpha value is -3.64. The lowest BCUT2D eigenvalue weighted by Crippen LogP contribution is -2.36. The van der Waals surface area contributed by atoms with Gasteiger partial charge in [-0.2, -0.15) is 18.3 Å². The van der Waals surface area contributed by atoms with Gasteiger partial charge in [0, 0.05) is 32.0 Å². The van der Waals surface area contributed by atoms with Crippen molar-refractivity contribution in [3.63, 3.8) is 0 Å². The molecule has 2 aliphatic rings. The highest BCUT2D eigenvalue weighted by molar-refractivity contribution is 5.99. The van der Waals surface area contributed by atoms with E-state index in [2.05, 4.69) is 15.7 Å². The van der Waals surface area contributed by atoms with Crippen molar-refractivity contribution in [3.05, 3.63) is 41.5 Å². The van der Waals surface area contributed by atoms with Crippen LogP contribution in [0.25, 0.3) is 0 Å². The van der Waals surface area contributed by atoms with E-state index in [-0.39, 0.29) is 23.0 Å². The third-order valence-corrected chi connectivity index (χ3v) is 7.06. The van der Waals surface area contributed by atoms with Crippen LogP contribution in [-0.2, 0) is 9.59 Å². The molecule has 0 bridgehead atoms. The highest BCUT2D eigenvalue weighted by atomic mass is 19.4. The van der Waals surface area contributed by atoms with Crippen LogP contribution in [0.4, 0.5) is 28.9 Å². The Bertz CT molecular complexity index is 1240. The van der Waals surface area contributed by atoms with Crippen LogP contribution in [-0.4, -0.2) is 60.9 Å². The molecule has 0 aliphatic heterocycles. The number of rotatable bonds is 11. The summed E-state index contributed by atoms with van der Waals surface area (Å²) >= 11 is 0. The van der Waals surface area contributed by atoms with Crippen molar-refractivity contribution >= 4 is 29.1 Å². The quantitative estimate of drug-likeness (QED) is 0.316. The SMILES string of the molecule is C1CC1CC1CC1.CC(C(=O)NCC(F)(F)F)c1cc(F)c(NC(=O)CNC(=O)c2ccnn2C(C)C)cc1N(C)C. The Balaban J connectivity index is 0.000000591. The summed E-state index contributed by atoms with van der Waals surface area (Å²) in [4.78, 5) is 38.4. The van der Waals surface area contributed by atoms with Gasteiger partial charge in [0.25, 0.3) is 5.91 Å². The lowest BCUT2D eigenvalue weighted by atomic mass is 9.96. The predicted molar refractivity (Wildman–Crippen MR) is 152 cm³/mol. The predicted octanol–water partition coefficient (Wildman–Crippen LogP) is 5.02. The smallest absolute Gasteiger partial charge is 0.377 e. The first-order valence-corrected chi connectivity index (χ1v) is 14.1. The minimum atomic E-state index is -4.58. The topological polar surface area (TPSA) is 108 Å². The molecular weight excluding hydrogens is 556 g/mol. The second kappa shape index (κ2) is 14.0. The molecule has 232 valence electrons. The normalized spacial score (nSPS) is 15.4. The second-order valence-corrected chi connectivity index (χ2v) is 11.4. The molecule has 0 saturated heterocycles. The van der Waals surface area contributed by atoms with Crippen molar-refractivity contribution in [3.8, 4) is 0 Å². The molecule has 42 heavy (non-hydrogen) atoms. The summed E-state index contributed by atoms with van der Waals surface area (Å²) in [6.07, 6.45) is 4.67. The Morgan fingerprint density at radius 2 is 1.67 bits per heavy atom. The van der Waals surface area contributed by atoms with Gasteiger partial charge < -0.3 is 20.9 Å². The minimum Gasteiger partial charge on any atom is -0.377 e. The number of nitrogens with zero attached hydrogens (tertiary/aromatic N) is 3. The Kier molecular flexibility index (Phi) is 11.0. The van der Waals surface area contributed by atoms with E-state index < -0.39 is 48.7 Å². The van der Waals surface area contributed by atoms with Crippen molar-refractivity contribution in [2.75, 3.05) is 37.4 Å². The molecule has 1 unspecified atom stereocenters. The number of amides is 3. The summed E-state index contributed by atoms with van der Waals surface area (Å²) < 4.78 is 53.5. The van der Waals surface area contributed by atoms with E-state index in [1.165, 1.54) is 46.7 Å². The molecule has 2 aromatic rings. The van der Waals surface area contributed by atoms with Crippen LogP contribution in [0.3, 0.4) is 0 Å². The number of aromatic nitrogens is 2. The van der Waals surface area contributed by atoms with Gasteiger partial charge in [-0.3, -0.25) is 19.1 Å². The lowest BCUT2D eigenvalue weighted by molar-refractivity contribution is -0.139. The number of hydrogen-bond acceptors (Lipinski definition) is 5. The number of carbonyl (C=O) groups excluding carboxylic acids is 3. The molecule has 1 atom stereocenters. The minimum absolute atomic E-state index is 0.0745. The lowest BCUT2D eigenvalue weighted by Gasteiger charge is -2.23. The van der Waals surface area contributed by atoms with Crippen LogP contribution >= 0.6 is 0 Å². The number of hydrogen-bond donors (Lipinski definition) is 3. The second-order valence-electron chi connectivity index (χ2n) is 11.4. The van der Waals surface area contributed by atoms with Crippen molar-refractivity contribution in [2.24, 2.45) is 11.8 Å². The number of benzene rings is 1. The molecule has 2 fully saturated rings. The van der Waals surface area contributed by atoms with Gasteiger partial charge in [-0.15, -0.1) is 0 Å². The highest BCUT2D eigenvalue weighted by Crippen LogP contribution is 2.43. The number of nitrogens with one attached hydrogen (secondary N) is 3. The summed E-state index contributed by atoms with van der Waals surface area (Å²) in [7, 11) is 3.20. The van der Waals surface area contributed by atoms with Crippen LogP contribution in [0, 0.1) is 17.7 Å². The van der Waals surface area contributed by atoms with Crippen LogP contribution in [0.2, 0.25) is 0 Å². The number of anilines is 2. The molecule has 3 amide bonds. The summed E-state index contributed by atoms with van der Waals surface area (Å²) in [5, 5.41) is 10.6. The zero-order valence-corrected chi connectivity index (χ0v) is 24.6. The number of carbonyl (C=O) groups is 3. The third-order valence-electron chi connectivity index (χ3n) is 7.06. The van der Waals surface area contributed by atoms with Crippen LogP contribution in [0.15, 0.2) is 24.4 Å². The Labute approximate surface area is 243 Å². The molecular formula is C29H40F4N6O3. The molecule has 1 heterocycles. The first kappa shape index (κ1) is 32.9. The van der Waals surface area contributed by atoms with E-state index >= 15 is 0 Å². The van der Waals surface area contributed by atoms with Gasteiger partial charge in [0.1, 0.15) is 18.1 Å². The fraction of sp³-hybridized carbons (Fsp3) is 0.586. The van der Waals surface area contributed by atoms with Gasteiger partial charge in [-0.05, 0) is 62.8 Å². The van der Waals surface area contributed by atoms with Crippen LogP contribution in [0.1, 0.15) is 80.9 Å². The largest absolute Gasteiger partial charge is 0.405 e. The Morgan fingerprint density at radius 1 is 1.05 bits per heavy atom. The van der Waals surface area contributed by atoms with E-state index in [1.54, 1.807) is 51.5 Å². The van der Waals surface area contributed by atoms with Gasteiger partial charge in [0.2, 0.25) is 11.8 Å². The Morgan fingerprint density at radius 3 is 2.19 bits per heavy atom. The number of alkyl halides is 3. The molecule has 13 heteroatoms. The van der Waals surface area contributed by atoms with Crippen molar-refractivity contribution in [2.45, 2.75) is 71.0 Å². The first-order chi connectivity index (χ1) is 19.7. The van der Waals surface area contributed by atoms with Gasteiger partial charge in [-0.1, -0.05) is 25.7 Å². The zero-order chi connectivity index (χ0) is 31.2. The van der Waals surface area contributed by atoms with Gasteiger partial charge >= 0.3 is 6.18 Å². The maximum absolute atomic E-state index is 14.8. The maximum Gasteiger partial charge on any atom is 0.405 e. The van der Waals surface area contributed by atoms with Crippen molar-refractivity contribution < 1.29 is 31.9 Å². The van der Waals surface area contributed by atoms with E-state index in [9.17, 15) is 31.9 Å². The third kappa shape index (κ3) is 10.0. The average molecular weight is 597 g/mol. The molecule has 9 nitrogen and oxygen atoms in total. The van der Waals surface area contributed by atoms with E-state index in [1.807, 2.05) is 13.8 Å². The highest BCUT2D eigenvalue weighted by Gasteiger charge is 2.31. The fourth-order valence-corrected chi connectivity index (χ4v) is 4.42. The molecule has 4 rings (SSSR count). The molecule has 2 aliphatic carbocycles. The van der Waals surface area contributed by atoms with Crippen molar-refractivity contribution in [1.82, 2.24) is 20.4 Å². The zero-order valence-electron chi connectivity index (χ0n) is 24.6.